The van der Waals surface area contributed by atoms with Crippen molar-refractivity contribution in [3.05, 3.63) is 39.1 Å². The first-order valence-electron chi connectivity index (χ1n) is 6.83. The molecule has 1 heterocycles. The van der Waals surface area contributed by atoms with Gasteiger partial charge in [-0.3, -0.25) is 9.89 Å². The molecule has 0 saturated carbocycles. The molecule has 0 atom stereocenters. The quantitative estimate of drug-likeness (QED) is 0.826. The number of aromatic amines is 1. The number of carbonyl (C=O) groups is 1. The van der Waals surface area contributed by atoms with Crippen LogP contribution in [0.5, 0.6) is 0 Å². The molecule has 22 heavy (non-hydrogen) atoms. The molecule has 0 aliphatic rings. The fourth-order valence-electron chi connectivity index (χ4n) is 2.01. The van der Waals surface area contributed by atoms with Gasteiger partial charge in [0.05, 0.1) is 20.9 Å². The van der Waals surface area contributed by atoms with Crippen molar-refractivity contribution >= 4 is 44.8 Å². The average Bonchev–Trinajstić information content (AvgIpc) is 2.80. The fraction of sp³-hybridized carbons (Fsp3) is 0.333. The summed E-state index contributed by atoms with van der Waals surface area (Å²) in [7, 11) is 3.82. The lowest BCUT2D eigenvalue weighted by atomic mass is 10.1. The minimum atomic E-state index is -0.288. The van der Waals surface area contributed by atoms with E-state index in [1.807, 2.05) is 45.0 Å². The Morgan fingerprint density at radius 2 is 2.09 bits per heavy atom. The van der Waals surface area contributed by atoms with Gasteiger partial charge in [0.25, 0.3) is 5.91 Å². The minimum Gasteiger partial charge on any atom is -0.376 e. The van der Waals surface area contributed by atoms with Gasteiger partial charge in [-0.25, -0.2) is 0 Å². The van der Waals surface area contributed by atoms with Crippen molar-refractivity contribution in [2.45, 2.75) is 19.8 Å². The SMILES string of the molecule is CC(C)c1[nH]nc(C(=O)Nc2ccc(N(C)C)c(Cl)c2)c1Br. The summed E-state index contributed by atoms with van der Waals surface area (Å²) in [5, 5.41) is 10.3. The number of nitrogens with zero attached hydrogens (tertiary/aromatic N) is 2. The third-order valence-corrected chi connectivity index (χ3v) is 4.32. The molecule has 2 rings (SSSR count). The van der Waals surface area contributed by atoms with E-state index in [2.05, 4.69) is 31.4 Å². The van der Waals surface area contributed by atoms with Crippen molar-refractivity contribution in [1.29, 1.82) is 0 Å². The first-order valence-corrected chi connectivity index (χ1v) is 8.00. The van der Waals surface area contributed by atoms with Gasteiger partial charge in [0.1, 0.15) is 0 Å². The van der Waals surface area contributed by atoms with Crippen LogP contribution in [0, 0.1) is 0 Å². The Morgan fingerprint density at radius 3 is 2.59 bits per heavy atom. The number of rotatable bonds is 4. The van der Waals surface area contributed by atoms with Gasteiger partial charge < -0.3 is 10.2 Å². The first-order chi connectivity index (χ1) is 10.3. The van der Waals surface area contributed by atoms with Gasteiger partial charge in [-0.2, -0.15) is 5.10 Å². The lowest BCUT2D eigenvalue weighted by molar-refractivity contribution is 0.102. The minimum absolute atomic E-state index is 0.247. The Bertz CT molecular complexity index is 697. The third-order valence-electron chi connectivity index (χ3n) is 3.21. The van der Waals surface area contributed by atoms with Crippen LogP contribution in [0.1, 0.15) is 35.9 Å². The molecule has 1 aromatic heterocycles. The number of amides is 1. The zero-order valence-electron chi connectivity index (χ0n) is 12.9. The smallest absolute Gasteiger partial charge is 0.277 e. The van der Waals surface area contributed by atoms with Gasteiger partial charge in [-0.05, 0) is 40.0 Å². The van der Waals surface area contributed by atoms with Crippen LogP contribution < -0.4 is 10.2 Å². The molecular formula is C15H18BrClN4O. The van der Waals surface area contributed by atoms with E-state index in [0.717, 1.165) is 11.4 Å². The van der Waals surface area contributed by atoms with Gasteiger partial charge in [-0.1, -0.05) is 25.4 Å². The Balaban J connectivity index is 2.21. The van der Waals surface area contributed by atoms with E-state index in [1.165, 1.54) is 0 Å². The van der Waals surface area contributed by atoms with E-state index in [9.17, 15) is 4.79 Å². The Morgan fingerprint density at radius 1 is 1.41 bits per heavy atom. The van der Waals surface area contributed by atoms with E-state index in [-0.39, 0.29) is 11.8 Å². The van der Waals surface area contributed by atoms with E-state index >= 15 is 0 Å². The molecule has 118 valence electrons. The maximum absolute atomic E-state index is 12.3. The molecule has 0 saturated heterocycles. The molecule has 5 nitrogen and oxygen atoms in total. The number of aromatic nitrogens is 2. The first kappa shape index (κ1) is 16.8. The third kappa shape index (κ3) is 3.44. The molecular weight excluding hydrogens is 368 g/mol. The number of halogens is 2. The van der Waals surface area contributed by atoms with E-state index < -0.39 is 0 Å². The van der Waals surface area contributed by atoms with E-state index in [4.69, 9.17) is 11.6 Å². The maximum atomic E-state index is 12.3. The second kappa shape index (κ2) is 6.71. The summed E-state index contributed by atoms with van der Waals surface area (Å²) in [4.78, 5) is 14.2. The standard InChI is InChI=1S/C15H18BrClN4O/c1-8(2)13-12(16)14(20-19-13)15(22)18-9-5-6-11(21(3)4)10(17)7-9/h5-8H,1-4H3,(H,18,22)(H,19,20). The van der Waals surface area contributed by atoms with Crippen molar-refractivity contribution in [1.82, 2.24) is 10.2 Å². The van der Waals surface area contributed by atoms with E-state index in [0.29, 0.717) is 20.9 Å². The largest absolute Gasteiger partial charge is 0.376 e. The molecule has 2 aromatic rings. The number of H-pyrrole nitrogens is 1. The number of anilines is 2. The number of hydrogen-bond acceptors (Lipinski definition) is 3. The maximum Gasteiger partial charge on any atom is 0.277 e. The van der Waals surface area contributed by atoms with E-state index in [1.54, 1.807) is 6.07 Å². The van der Waals surface area contributed by atoms with Gasteiger partial charge in [0.15, 0.2) is 5.69 Å². The molecule has 0 bridgehead atoms. The zero-order valence-corrected chi connectivity index (χ0v) is 15.2. The molecule has 0 fully saturated rings. The highest BCUT2D eigenvalue weighted by atomic mass is 79.9. The predicted octanol–water partition coefficient (Wildman–Crippen LogP) is 4.27. The summed E-state index contributed by atoms with van der Waals surface area (Å²) in [6.45, 7) is 4.05. The fourth-order valence-corrected chi connectivity index (χ4v) is 3.18. The van der Waals surface area contributed by atoms with Crippen LogP contribution in [0.2, 0.25) is 5.02 Å². The number of benzene rings is 1. The van der Waals surface area contributed by atoms with Crippen molar-refractivity contribution in [3.63, 3.8) is 0 Å². The zero-order chi connectivity index (χ0) is 16.4. The van der Waals surface area contributed by atoms with Gasteiger partial charge in [0.2, 0.25) is 0 Å². The summed E-state index contributed by atoms with van der Waals surface area (Å²) < 4.78 is 0.691. The molecule has 0 unspecified atom stereocenters. The molecule has 2 N–H and O–H groups in total. The molecule has 0 spiro atoms. The normalized spacial score (nSPS) is 10.9. The molecule has 0 aliphatic carbocycles. The summed E-state index contributed by atoms with van der Waals surface area (Å²) >= 11 is 9.63. The highest BCUT2D eigenvalue weighted by Crippen LogP contribution is 2.29. The van der Waals surface area contributed by atoms with Crippen molar-refractivity contribution in [3.8, 4) is 0 Å². The van der Waals surface area contributed by atoms with Crippen molar-refractivity contribution in [2.24, 2.45) is 0 Å². The highest BCUT2D eigenvalue weighted by Gasteiger charge is 2.19. The number of hydrogen-bond donors (Lipinski definition) is 2. The van der Waals surface area contributed by atoms with Crippen LogP contribution in [-0.2, 0) is 0 Å². The molecule has 1 aromatic carbocycles. The predicted molar refractivity (Wildman–Crippen MR) is 94.1 cm³/mol. The summed E-state index contributed by atoms with van der Waals surface area (Å²) in [5.41, 5.74) is 2.74. The Kier molecular flexibility index (Phi) is 5.13. The lowest BCUT2D eigenvalue weighted by Crippen LogP contribution is -2.14. The van der Waals surface area contributed by atoms with Gasteiger partial charge >= 0.3 is 0 Å². The lowest BCUT2D eigenvalue weighted by Gasteiger charge is -2.15. The van der Waals surface area contributed by atoms with Crippen LogP contribution in [0.25, 0.3) is 0 Å². The van der Waals surface area contributed by atoms with Crippen LogP contribution >= 0.6 is 27.5 Å². The van der Waals surface area contributed by atoms with Crippen LogP contribution in [0.15, 0.2) is 22.7 Å². The average molecular weight is 386 g/mol. The van der Waals surface area contributed by atoms with Gasteiger partial charge in [-0.15, -0.1) is 0 Å². The van der Waals surface area contributed by atoms with Crippen LogP contribution in [-0.4, -0.2) is 30.2 Å². The summed E-state index contributed by atoms with van der Waals surface area (Å²) in [6, 6.07) is 5.39. The molecule has 7 heteroatoms. The van der Waals surface area contributed by atoms with Crippen molar-refractivity contribution in [2.75, 3.05) is 24.3 Å². The molecule has 0 aliphatic heterocycles. The van der Waals surface area contributed by atoms with Gasteiger partial charge in [0, 0.05) is 19.8 Å². The number of carbonyl (C=O) groups excluding carboxylic acids is 1. The number of nitrogens with one attached hydrogen (secondary N) is 2. The van der Waals surface area contributed by atoms with Crippen LogP contribution in [0.3, 0.4) is 0 Å². The Labute approximate surface area is 143 Å². The second-order valence-corrected chi connectivity index (χ2v) is 6.67. The second-order valence-electron chi connectivity index (χ2n) is 5.47. The highest BCUT2D eigenvalue weighted by molar-refractivity contribution is 9.10. The molecule has 0 radical (unpaired) electrons. The summed E-state index contributed by atoms with van der Waals surface area (Å²) in [6.07, 6.45) is 0. The molecule has 1 amide bonds. The Hall–Kier alpha value is -1.53. The monoisotopic (exact) mass is 384 g/mol. The van der Waals surface area contributed by atoms with Crippen LogP contribution in [0.4, 0.5) is 11.4 Å². The topological polar surface area (TPSA) is 61.0 Å². The summed E-state index contributed by atoms with van der Waals surface area (Å²) in [5.74, 6) is -0.0408. The van der Waals surface area contributed by atoms with Crippen molar-refractivity contribution < 1.29 is 4.79 Å².